The van der Waals surface area contributed by atoms with Gasteiger partial charge < -0.3 is 15.2 Å². The molecule has 0 unspecified atom stereocenters. The smallest absolute Gasteiger partial charge is 0.253 e. The fourth-order valence-electron chi connectivity index (χ4n) is 4.28. The number of para-hydroxylation sites is 2. The molecular formula is C25H23N7O. The van der Waals surface area contributed by atoms with Crippen LogP contribution in [0, 0.1) is 0 Å². The molecule has 2 aliphatic rings. The maximum atomic E-state index is 12.8. The molecule has 2 aromatic carbocycles. The highest BCUT2D eigenvalue weighted by Gasteiger charge is 2.26. The maximum Gasteiger partial charge on any atom is 0.253 e. The van der Waals surface area contributed by atoms with Crippen molar-refractivity contribution in [2.24, 2.45) is 4.99 Å². The van der Waals surface area contributed by atoms with Crippen LogP contribution in [-0.4, -0.2) is 62.6 Å². The van der Waals surface area contributed by atoms with E-state index in [1.165, 1.54) is 0 Å². The van der Waals surface area contributed by atoms with Crippen molar-refractivity contribution in [3.8, 4) is 11.3 Å². The van der Waals surface area contributed by atoms with E-state index in [4.69, 9.17) is 4.98 Å². The number of aliphatic imine (C=N–C) groups is 1. The molecule has 6 rings (SSSR count). The number of fused-ring (bicyclic) bond motifs is 2. The maximum absolute atomic E-state index is 12.8. The van der Waals surface area contributed by atoms with Gasteiger partial charge in [-0.15, -0.1) is 0 Å². The van der Waals surface area contributed by atoms with Gasteiger partial charge in [-0.1, -0.05) is 24.3 Å². The Morgan fingerprint density at radius 2 is 1.88 bits per heavy atom. The highest BCUT2D eigenvalue weighted by atomic mass is 16.2. The Labute approximate surface area is 190 Å². The van der Waals surface area contributed by atoms with Gasteiger partial charge in [-0.05, 0) is 37.2 Å². The standard InChI is InChI=1S/C25H23N7O/c33-24(32-12-3-10-26-11-13-32)17-8-6-16(7-9-17)22-15-27-20-14-21(23(20)28-22)31-25-29-18-4-1-2-5-19(18)30-25/h1-2,4-9,15,26H,3,10-14H2,(H,29,30). The molecule has 0 bridgehead atoms. The molecule has 8 nitrogen and oxygen atoms in total. The minimum atomic E-state index is 0.0775. The van der Waals surface area contributed by atoms with Crippen LogP contribution in [0.25, 0.3) is 22.3 Å². The number of aromatic nitrogens is 4. The molecule has 8 heteroatoms. The Balaban J connectivity index is 1.23. The molecular weight excluding hydrogens is 414 g/mol. The van der Waals surface area contributed by atoms with Crippen LogP contribution in [0.4, 0.5) is 5.95 Å². The average molecular weight is 438 g/mol. The number of imidazole rings is 1. The zero-order valence-electron chi connectivity index (χ0n) is 18.1. The van der Waals surface area contributed by atoms with Crippen molar-refractivity contribution in [1.29, 1.82) is 0 Å². The Morgan fingerprint density at radius 3 is 2.76 bits per heavy atom. The Bertz CT molecular complexity index is 1330. The fraction of sp³-hybridized carbons (Fsp3) is 0.240. The molecule has 0 radical (unpaired) electrons. The second kappa shape index (κ2) is 8.22. The van der Waals surface area contributed by atoms with E-state index >= 15 is 0 Å². The number of hydrogen-bond acceptors (Lipinski definition) is 6. The third-order valence-electron chi connectivity index (χ3n) is 6.13. The van der Waals surface area contributed by atoms with Crippen molar-refractivity contribution in [2.45, 2.75) is 12.8 Å². The van der Waals surface area contributed by atoms with Crippen LogP contribution in [0.1, 0.15) is 28.2 Å². The molecule has 0 spiro atoms. The van der Waals surface area contributed by atoms with E-state index in [0.717, 1.165) is 72.0 Å². The topological polar surface area (TPSA) is 99.2 Å². The van der Waals surface area contributed by atoms with E-state index in [2.05, 4.69) is 25.3 Å². The Kier molecular flexibility index (Phi) is 4.92. The number of aromatic amines is 1. The predicted octanol–water partition coefficient (Wildman–Crippen LogP) is 3.13. The number of carbonyl (C=O) groups excluding carboxylic acids is 1. The first kappa shape index (κ1) is 19.8. The molecule has 3 heterocycles. The summed E-state index contributed by atoms with van der Waals surface area (Å²) in [6, 6.07) is 15.5. The van der Waals surface area contributed by atoms with Crippen LogP contribution in [-0.2, 0) is 6.42 Å². The van der Waals surface area contributed by atoms with Crippen LogP contribution in [0.2, 0.25) is 0 Å². The first-order valence-electron chi connectivity index (χ1n) is 11.2. The number of H-pyrrole nitrogens is 1. The number of hydrogen-bond donors (Lipinski definition) is 2. The van der Waals surface area contributed by atoms with Crippen molar-refractivity contribution in [3.63, 3.8) is 0 Å². The van der Waals surface area contributed by atoms with Gasteiger partial charge >= 0.3 is 0 Å². The minimum Gasteiger partial charge on any atom is -0.337 e. The first-order valence-corrected chi connectivity index (χ1v) is 11.2. The van der Waals surface area contributed by atoms with Crippen LogP contribution in [0.5, 0.6) is 0 Å². The highest BCUT2D eigenvalue weighted by molar-refractivity contribution is 6.09. The monoisotopic (exact) mass is 437 g/mol. The van der Waals surface area contributed by atoms with Crippen LogP contribution in [0.3, 0.4) is 0 Å². The summed E-state index contributed by atoms with van der Waals surface area (Å²) in [6.07, 6.45) is 3.44. The zero-order valence-corrected chi connectivity index (χ0v) is 18.1. The summed E-state index contributed by atoms with van der Waals surface area (Å²) in [6.45, 7) is 3.33. The SMILES string of the molecule is O=C(c1ccc(-c2cnc3c(n2)C(=Nc2nc4ccccc4[nH]2)C3)cc1)N1CCCNCC1. The number of nitrogens with zero attached hydrogens (tertiary/aromatic N) is 5. The van der Waals surface area contributed by atoms with Crippen LogP contribution in [0.15, 0.2) is 59.7 Å². The number of amides is 1. The quantitative estimate of drug-likeness (QED) is 0.513. The average Bonchev–Trinajstić information content (AvgIpc) is 3.05. The third kappa shape index (κ3) is 3.78. The second-order valence-corrected chi connectivity index (χ2v) is 8.34. The van der Waals surface area contributed by atoms with Gasteiger partial charge in [0.25, 0.3) is 5.91 Å². The number of benzene rings is 2. The van der Waals surface area contributed by atoms with Crippen molar-refractivity contribution < 1.29 is 4.79 Å². The lowest BCUT2D eigenvalue weighted by Crippen LogP contribution is -2.34. The van der Waals surface area contributed by atoms with E-state index in [0.29, 0.717) is 17.9 Å². The van der Waals surface area contributed by atoms with Crippen molar-refractivity contribution in [3.05, 3.63) is 71.7 Å². The largest absolute Gasteiger partial charge is 0.337 e. The van der Waals surface area contributed by atoms with Gasteiger partial charge in [0.05, 0.1) is 34.3 Å². The van der Waals surface area contributed by atoms with Gasteiger partial charge in [-0.2, -0.15) is 0 Å². The molecule has 0 atom stereocenters. The lowest BCUT2D eigenvalue weighted by atomic mass is 9.96. The van der Waals surface area contributed by atoms with Crippen molar-refractivity contribution in [2.75, 3.05) is 26.2 Å². The summed E-state index contributed by atoms with van der Waals surface area (Å²) in [5.41, 5.74) is 6.87. The molecule has 4 aromatic rings. The summed E-state index contributed by atoms with van der Waals surface area (Å²) in [4.78, 5) is 36.5. The molecule has 0 saturated carbocycles. The summed E-state index contributed by atoms with van der Waals surface area (Å²) < 4.78 is 0. The molecule has 33 heavy (non-hydrogen) atoms. The second-order valence-electron chi connectivity index (χ2n) is 8.34. The van der Waals surface area contributed by atoms with E-state index < -0.39 is 0 Å². The van der Waals surface area contributed by atoms with Gasteiger partial charge in [-0.25, -0.2) is 15.0 Å². The van der Waals surface area contributed by atoms with Gasteiger partial charge in [0, 0.05) is 37.2 Å². The van der Waals surface area contributed by atoms with Gasteiger partial charge in [0.1, 0.15) is 5.69 Å². The summed E-state index contributed by atoms with van der Waals surface area (Å²) >= 11 is 0. The van der Waals surface area contributed by atoms with Crippen LogP contribution >= 0.6 is 0 Å². The molecule has 1 fully saturated rings. The van der Waals surface area contributed by atoms with Gasteiger partial charge in [0.2, 0.25) is 5.95 Å². The van der Waals surface area contributed by atoms with Gasteiger partial charge in [0.15, 0.2) is 0 Å². The molecule has 1 aliphatic carbocycles. The van der Waals surface area contributed by atoms with E-state index in [-0.39, 0.29) is 5.91 Å². The lowest BCUT2D eigenvalue weighted by Gasteiger charge is -2.20. The molecule has 2 aromatic heterocycles. The van der Waals surface area contributed by atoms with E-state index in [1.807, 2.05) is 53.4 Å². The fourth-order valence-corrected chi connectivity index (χ4v) is 4.28. The minimum absolute atomic E-state index is 0.0775. The zero-order chi connectivity index (χ0) is 22.2. The van der Waals surface area contributed by atoms with Crippen molar-refractivity contribution >= 4 is 28.6 Å². The molecule has 1 amide bonds. The summed E-state index contributed by atoms with van der Waals surface area (Å²) in [5.74, 6) is 0.657. The molecule has 164 valence electrons. The van der Waals surface area contributed by atoms with E-state index in [9.17, 15) is 4.79 Å². The highest BCUT2D eigenvalue weighted by Crippen LogP contribution is 2.27. The molecule has 1 saturated heterocycles. The lowest BCUT2D eigenvalue weighted by molar-refractivity contribution is 0.0766. The number of nitrogens with one attached hydrogen (secondary N) is 2. The van der Waals surface area contributed by atoms with Crippen molar-refractivity contribution in [1.82, 2.24) is 30.2 Å². The Hall–Kier alpha value is -3.91. The van der Waals surface area contributed by atoms with E-state index in [1.54, 1.807) is 6.20 Å². The van der Waals surface area contributed by atoms with Crippen LogP contribution < -0.4 is 5.32 Å². The first-order chi connectivity index (χ1) is 16.2. The normalized spacial score (nSPS) is 17.0. The Morgan fingerprint density at radius 1 is 1.00 bits per heavy atom. The molecule has 1 aliphatic heterocycles. The summed E-state index contributed by atoms with van der Waals surface area (Å²) in [5, 5.41) is 3.33. The number of carbonyl (C=O) groups is 1. The third-order valence-corrected chi connectivity index (χ3v) is 6.13. The van der Waals surface area contributed by atoms with Gasteiger partial charge in [-0.3, -0.25) is 9.78 Å². The molecule has 2 N–H and O–H groups in total. The predicted molar refractivity (Wildman–Crippen MR) is 127 cm³/mol. The summed E-state index contributed by atoms with van der Waals surface area (Å²) in [7, 11) is 0. The number of rotatable bonds is 3.